The van der Waals surface area contributed by atoms with E-state index in [0.717, 1.165) is 5.56 Å². The van der Waals surface area contributed by atoms with Crippen LogP contribution in [0.2, 0.25) is 0 Å². The van der Waals surface area contributed by atoms with Crippen LogP contribution >= 0.6 is 0 Å². The lowest BCUT2D eigenvalue weighted by molar-refractivity contribution is 0.0366. The Kier molecular flexibility index (Phi) is 5.65. The van der Waals surface area contributed by atoms with Gasteiger partial charge in [-0.15, -0.1) is 0 Å². The van der Waals surface area contributed by atoms with Gasteiger partial charge in [0, 0.05) is 36.1 Å². The van der Waals surface area contributed by atoms with Crippen LogP contribution in [0.4, 0.5) is 0 Å². The first-order valence-electron chi connectivity index (χ1n) is 9.89. The number of carbonyl (C=O) groups excluding carboxylic acids is 1. The highest BCUT2D eigenvalue weighted by atomic mass is 32.2. The first-order valence-corrected chi connectivity index (χ1v) is 11.3. The van der Waals surface area contributed by atoms with E-state index in [-0.39, 0.29) is 29.6 Å². The molecule has 9 heteroatoms. The monoisotopic (exact) mass is 441 g/mol. The molecule has 0 saturated carbocycles. The molecule has 1 aromatic heterocycles. The summed E-state index contributed by atoms with van der Waals surface area (Å²) in [4.78, 5) is 25.4. The number of pyridine rings is 1. The van der Waals surface area contributed by atoms with Gasteiger partial charge in [0.25, 0.3) is 5.56 Å². The molecule has 1 aliphatic heterocycles. The smallest absolute Gasteiger partial charge is 0.340 e. The van der Waals surface area contributed by atoms with Crippen LogP contribution in [0, 0.1) is 6.92 Å². The van der Waals surface area contributed by atoms with Crippen molar-refractivity contribution in [3.63, 3.8) is 0 Å². The van der Waals surface area contributed by atoms with E-state index in [2.05, 4.69) is 0 Å². The number of ether oxygens (including phenoxy) is 1. The molecule has 0 radical (unpaired) electrons. The van der Waals surface area contributed by atoms with E-state index < -0.39 is 21.6 Å². The molecule has 1 saturated heterocycles. The summed E-state index contributed by atoms with van der Waals surface area (Å²) >= 11 is 0. The zero-order valence-electron chi connectivity index (χ0n) is 17.0. The Bertz CT molecular complexity index is 1320. The van der Waals surface area contributed by atoms with E-state index in [9.17, 15) is 18.0 Å². The molecule has 0 unspecified atom stereocenters. The van der Waals surface area contributed by atoms with Crippen molar-refractivity contribution in [3.05, 3.63) is 76.2 Å². The second kappa shape index (κ2) is 8.26. The van der Waals surface area contributed by atoms with Crippen molar-refractivity contribution in [1.29, 1.82) is 0 Å². The molecule has 4 rings (SSSR count). The highest BCUT2D eigenvalue weighted by molar-refractivity contribution is 7.89. The van der Waals surface area contributed by atoms with Crippen LogP contribution < -0.4 is 11.3 Å². The van der Waals surface area contributed by atoms with Gasteiger partial charge in [-0.2, -0.15) is 4.31 Å². The third kappa shape index (κ3) is 3.99. The lowest BCUT2D eigenvalue weighted by Gasteiger charge is -2.17. The van der Waals surface area contributed by atoms with Gasteiger partial charge in [0.05, 0.1) is 10.5 Å². The lowest BCUT2D eigenvalue weighted by Crippen LogP contribution is -2.32. The Labute approximate surface area is 179 Å². The number of hydrogen-bond donors (Lipinski definition) is 1. The molecule has 1 aliphatic rings. The van der Waals surface area contributed by atoms with Crippen molar-refractivity contribution in [2.45, 2.75) is 31.0 Å². The van der Waals surface area contributed by atoms with Crippen LogP contribution in [0.1, 0.15) is 22.3 Å². The molecule has 2 N–H and O–H groups in total. The van der Waals surface area contributed by atoms with Gasteiger partial charge in [0.2, 0.25) is 10.0 Å². The predicted molar refractivity (Wildman–Crippen MR) is 116 cm³/mol. The number of fused-ring (bicyclic) bond motifs is 1. The number of rotatable bonds is 5. The molecule has 3 aromatic rings. The van der Waals surface area contributed by atoms with E-state index >= 15 is 0 Å². The molecule has 2 heterocycles. The van der Waals surface area contributed by atoms with Crippen molar-refractivity contribution in [1.82, 2.24) is 8.87 Å². The molecule has 8 nitrogen and oxygen atoms in total. The number of esters is 1. The summed E-state index contributed by atoms with van der Waals surface area (Å²) < 4.78 is 34.1. The Morgan fingerprint density at radius 1 is 1.13 bits per heavy atom. The second-order valence-corrected chi connectivity index (χ2v) is 9.50. The summed E-state index contributed by atoms with van der Waals surface area (Å²) in [7, 11) is -3.77. The quantitative estimate of drug-likeness (QED) is 0.605. The van der Waals surface area contributed by atoms with Crippen LogP contribution in [0.5, 0.6) is 0 Å². The summed E-state index contributed by atoms with van der Waals surface area (Å²) in [6, 6.07) is 13.0. The minimum atomic E-state index is -3.77. The fourth-order valence-corrected chi connectivity index (χ4v) is 5.45. The van der Waals surface area contributed by atoms with Crippen molar-refractivity contribution >= 4 is 26.8 Å². The fraction of sp³-hybridized carbons (Fsp3) is 0.273. The van der Waals surface area contributed by atoms with Crippen LogP contribution in [0.3, 0.4) is 0 Å². The summed E-state index contributed by atoms with van der Waals surface area (Å²) in [5.74, 6) is -0.535. The summed E-state index contributed by atoms with van der Waals surface area (Å²) in [6.07, 6.45) is 2.04. The number of sulfonamides is 1. The number of nitrogens with zero attached hydrogens (tertiary/aromatic N) is 2. The normalized spacial score (nSPS) is 17.2. The van der Waals surface area contributed by atoms with E-state index in [1.807, 2.05) is 6.07 Å². The predicted octanol–water partition coefficient (Wildman–Crippen LogP) is 1.85. The molecule has 1 fully saturated rings. The first kappa shape index (κ1) is 21.2. The molecule has 0 aliphatic carbocycles. The number of nitrogens with two attached hydrogens (primary N) is 1. The highest BCUT2D eigenvalue weighted by Gasteiger charge is 2.32. The zero-order chi connectivity index (χ0) is 22.2. The molecule has 1 atom stereocenters. The third-order valence-electron chi connectivity index (χ3n) is 5.48. The van der Waals surface area contributed by atoms with Gasteiger partial charge in [0.15, 0.2) is 6.73 Å². The average molecular weight is 442 g/mol. The SMILES string of the molecule is Cc1ccccc1C(=O)OCn1ccc2c(S(=O)(=O)N3CC[C@H](N)C3)cccc2c1=O. The summed E-state index contributed by atoms with van der Waals surface area (Å²) in [5, 5.41) is 0.563. The molecule has 2 aromatic carbocycles. The zero-order valence-corrected chi connectivity index (χ0v) is 17.8. The van der Waals surface area contributed by atoms with Crippen molar-refractivity contribution < 1.29 is 17.9 Å². The molecular weight excluding hydrogens is 418 g/mol. The van der Waals surface area contributed by atoms with Crippen LogP contribution in [0.15, 0.2) is 64.4 Å². The third-order valence-corrected chi connectivity index (χ3v) is 7.41. The number of aromatic nitrogens is 1. The van der Waals surface area contributed by atoms with E-state index in [0.29, 0.717) is 23.9 Å². The first-order chi connectivity index (χ1) is 14.8. The van der Waals surface area contributed by atoms with E-state index in [4.69, 9.17) is 10.5 Å². The van der Waals surface area contributed by atoms with Gasteiger partial charge in [-0.25, -0.2) is 13.2 Å². The molecule has 162 valence electrons. The molecule has 31 heavy (non-hydrogen) atoms. The van der Waals surface area contributed by atoms with E-state index in [1.54, 1.807) is 37.3 Å². The standard InChI is InChI=1S/C22H23N3O5S/c1-15-5-2-3-6-17(15)22(27)30-14-24-11-10-18-19(21(24)26)7-4-8-20(18)31(28,29)25-12-9-16(23)13-25/h2-8,10-11,16H,9,12-14,23H2,1H3/t16-/m0/s1. The maximum atomic E-state index is 13.1. The number of carbonyl (C=O) groups is 1. The lowest BCUT2D eigenvalue weighted by atomic mass is 10.1. The van der Waals surface area contributed by atoms with Crippen molar-refractivity contribution in [2.75, 3.05) is 13.1 Å². The number of hydrogen-bond acceptors (Lipinski definition) is 6. The molecule has 0 spiro atoms. The Hall–Kier alpha value is -3.01. The van der Waals surface area contributed by atoms with Gasteiger partial charge in [-0.1, -0.05) is 24.3 Å². The maximum absolute atomic E-state index is 13.1. The minimum Gasteiger partial charge on any atom is -0.440 e. The molecule has 0 amide bonds. The Morgan fingerprint density at radius 3 is 2.61 bits per heavy atom. The molecule has 0 bridgehead atoms. The molecular formula is C22H23N3O5S. The van der Waals surface area contributed by atoms with Crippen molar-refractivity contribution in [2.24, 2.45) is 5.73 Å². The Balaban J connectivity index is 1.64. The largest absolute Gasteiger partial charge is 0.440 e. The average Bonchev–Trinajstić information content (AvgIpc) is 3.20. The van der Waals surface area contributed by atoms with Gasteiger partial charge in [0.1, 0.15) is 0 Å². The number of benzene rings is 2. The van der Waals surface area contributed by atoms with Gasteiger partial charge >= 0.3 is 5.97 Å². The van der Waals surface area contributed by atoms with Crippen LogP contribution in [-0.2, 0) is 21.5 Å². The maximum Gasteiger partial charge on any atom is 0.340 e. The summed E-state index contributed by atoms with van der Waals surface area (Å²) in [6.45, 7) is 2.13. The van der Waals surface area contributed by atoms with Crippen molar-refractivity contribution in [3.8, 4) is 0 Å². The van der Waals surface area contributed by atoms with Crippen LogP contribution in [-0.4, -0.2) is 42.4 Å². The van der Waals surface area contributed by atoms with Gasteiger partial charge < -0.3 is 10.5 Å². The van der Waals surface area contributed by atoms with Gasteiger partial charge in [-0.3, -0.25) is 9.36 Å². The van der Waals surface area contributed by atoms with Crippen LogP contribution in [0.25, 0.3) is 10.8 Å². The number of aryl methyl sites for hydroxylation is 1. The highest BCUT2D eigenvalue weighted by Crippen LogP contribution is 2.26. The fourth-order valence-electron chi connectivity index (χ4n) is 3.74. The van der Waals surface area contributed by atoms with Gasteiger partial charge in [-0.05, 0) is 43.2 Å². The topological polar surface area (TPSA) is 112 Å². The summed E-state index contributed by atoms with van der Waals surface area (Å²) in [5.41, 5.74) is 6.62. The van der Waals surface area contributed by atoms with E-state index in [1.165, 1.54) is 27.2 Å². The Morgan fingerprint density at radius 2 is 1.90 bits per heavy atom. The minimum absolute atomic E-state index is 0.0697. The second-order valence-electron chi connectivity index (χ2n) is 7.60.